The molecule has 2 aliphatic rings. The molecule has 0 bridgehead atoms. The monoisotopic (exact) mass is 471 g/mol. The molecule has 1 N–H and O–H groups in total. The lowest BCUT2D eigenvalue weighted by atomic mass is 10.1. The van der Waals surface area contributed by atoms with Crippen molar-refractivity contribution in [1.82, 2.24) is 29.6 Å². The van der Waals surface area contributed by atoms with E-state index in [1.807, 2.05) is 6.07 Å². The lowest BCUT2D eigenvalue weighted by molar-refractivity contribution is -0.192. The number of hydrogen-bond donors (Lipinski definition) is 1. The van der Waals surface area contributed by atoms with Crippen molar-refractivity contribution in [3.8, 4) is 0 Å². The van der Waals surface area contributed by atoms with Gasteiger partial charge in [-0.3, -0.25) is 9.48 Å². The van der Waals surface area contributed by atoms with Gasteiger partial charge in [-0.1, -0.05) is 0 Å². The van der Waals surface area contributed by atoms with Gasteiger partial charge in [-0.2, -0.15) is 13.2 Å². The smallest absolute Gasteiger partial charge is 0.475 e. The maximum absolute atomic E-state index is 12.8. The van der Waals surface area contributed by atoms with Crippen LogP contribution >= 0.6 is 0 Å². The molecule has 0 radical (unpaired) electrons. The molecule has 14 heteroatoms. The molecule has 0 aromatic carbocycles. The fraction of sp³-hybridized carbons (Fsp3) is 0.579. The Bertz CT molecular complexity index is 963. The van der Waals surface area contributed by atoms with Crippen LogP contribution < -0.4 is 4.90 Å². The van der Waals surface area contributed by atoms with Crippen LogP contribution in [-0.4, -0.2) is 85.6 Å². The number of carbonyl (C=O) groups excluding carboxylic acids is 1. The molecule has 4 rings (SSSR count). The second-order valence-electron chi connectivity index (χ2n) is 7.45. The minimum Gasteiger partial charge on any atom is -0.475 e. The topological polar surface area (TPSA) is 127 Å². The zero-order valence-corrected chi connectivity index (χ0v) is 17.9. The van der Waals surface area contributed by atoms with Crippen molar-refractivity contribution in [2.45, 2.75) is 31.5 Å². The van der Waals surface area contributed by atoms with Crippen LogP contribution in [0.3, 0.4) is 0 Å². The lowest BCUT2D eigenvalue weighted by Crippen LogP contribution is -2.44. The van der Waals surface area contributed by atoms with Crippen LogP contribution in [0.25, 0.3) is 0 Å². The number of carboxylic acid groups (broad SMARTS) is 1. The fourth-order valence-electron chi connectivity index (χ4n) is 3.45. The predicted molar refractivity (Wildman–Crippen MR) is 107 cm³/mol. The van der Waals surface area contributed by atoms with Crippen molar-refractivity contribution < 1.29 is 32.6 Å². The maximum atomic E-state index is 12.8. The number of halogens is 3. The zero-order valence-electron chi connectivity index (χ0n) is 17.9. The second kappa shape index (κ2) is 10.6. The molecule has 2 aromatic heterocycles. The molecule has 2 fully saturated rings. The molecule has 2 aromatic rings. The summed E-state index contributed by atoms with van der Waals surface area (Å²) in [6.07, 6.45) is 1.84. The van der Waals surface area contributed by atoms with E-state index < -0.39 is 12.1 Å². The van der Waals surface area contributed by atoms with Gasteiger partial charge < -0.3 is 19.6 Å². The van der Waals surface area contributed by atoms with Gasteiger partial charge in [0, 0.05) is 32.9 Å². The maximum Gasteiger partial charge on any atom is 0.490 e. The summed E-state index contributed by atoms with van der Waals surface area (Å²) in [5, 5.41) is 11.3. The number of nitrogens with zero attached hydrogens (tertiary/aromatic N) is 7. The van der Waals surface area contributed by atoms with Crippen LogP contribution in [0.1, 0.15) is 41.7 Å². The Morgan fingerprint density at radius 2 is 1.85 bits per heavy atom. The molecule has 180 valence electrons. The summed E-state index contributed by atoms with van der Waals surface area (Å²) in [6, 6.07) is 1.61. The highest BCUT2D eigenvalue weighted by Crippen LogP contribution is 2.25. The number of ether oxygens (including phenoxy) is 1. The van der Waals surface area contributed by atoms with Gasteiger partial charge in [0.2, 0.25) is 5.82 Å². The van der Waals surface area contributed by atoms with Crippen LogP contribution in [-0.2, 0) is 16.6 Å². The van der Waals surface area contributed by atoms with Gasteiger partial charge in [-0.05, 0) is 25.3 Å². The van der Waals surface area contributed by atoms with Crippen LogP contribution in [0.2, 0.25) is 0 Å². The summed E-state index contributed by atoms with van der Waals surface area (Å²) < 4.78 is 38.9. The molecule has 11 nitrogen and oxygen atoms in total. The molecule has 0 aliphatic carbocycles. The summed E-state index contributed by atoms with van der Waals surface area (Å²) in [5.74, 6) is -1.26. The number of carbonyl (C=O) groups is 2. The van der Waals surface area contributed by atoms with Gasteiger partial charge in [0.25, 0.3) is 5.91 Å². The minimum atomic E-state index is -5.08. The normalized spacial score (nSPS) is 19.0. The zero-order chi connectivity index (χ0) is 24.0. The van der Waals surface area contributed by atoms with Crippen molar-refractivity contribution in [3.05, 3.63) is 30.2 Å². The van der Waals surface area contributed by atoms with Crippen molar-refractivity contribution in [2.75, 3.05) is 37.7 Å². The third-order valence-corrected chi connectivity index (χ3v) is 5.06. The number of hydrogen-bond acceptors (Lipinski definition) is 8. The standard InChI is InChI=1S/C17H23N7O2.C2HF3O2/c1-22-12-19-16(21-22)17(25)24-9-10-26-11-13(24)15-18-6-5-14(20-15)23-7-3-2-4-8-23;3-2(4,5)1(6)7/h5-6,12-13H,2-4,7-11H2,1H3;(H,6,7). The van der Waals surface area contributed by atoms with Crippen molar-refractivity contribution in [3.63, 3.8) is 0 Å². The molecule has 2 saturated heterocycles. The number of morpholine rings is 1. The van der Waals surface area contributed by atoms with Crippen LogP contribution in [0.4, 0.5) is 19.0 Å². The van der Waals surface area contributed by atoms with Crippen LogP contribution in [0.15, 0.2) is 18.6 Å². The molecule has 1 amide bonds. The highest BCUT2D eigenvalue weighted by molar-refractivity contribution is 5.90. The van der Waals surface area contributed by atoms with E-state index >= 15 is 0 Å². The number of alkyl halides is 3. The fourth-order valence-corrected chi connectivity index (χ4v) is 3.45. The Hall–Kier alpha value is -3.29. The Morgan fingerprint density at radius 1 is 1.15 bits per heavy atom. The summed E-state index contributed by atoms with van der Waals surface area (Å²) in [5.41, 5.74) is 0. The molecule has 33 heavy (non-hydrogen) atoms. The number of aryl methyl sites for hydroxylation is 1. The predicted octanol–water partition coefficient (Wildman–Crippen LogP) is 1.44. The summed E-state index contributed by atoms with van der Waals surface area (Å²) in [7, 11) is 1.74. The molecular weight excluding hydrogens is 447 g/mol. The first-order valence-electron chi connectivity index (χ1n) is 10.3. The van der Waals surface area contributed by atoms with Gasteiger partial charge in [-0.25, -0.2) is 19.7 Å². The van der Waals surface area contributed by atoms with Crippen LogP contribution in [0, 0.1) is 0 Å². The van der Waals surface area contributed by atoms with E-state index in [9.17, 15) is 18.0 Å². The number of aromatic nitrogens is 5. The highest BCUT2D eigenvalue weighted by atomic mass is 19.4. The largest absolute Gasteiger partial charge is 0.490 e. The van der Waals surface area contributed by atoms with E-state index in [1.165, 1.54) is 30.3 Å². The van der Waals surface area contributed by atoms with Gasteiger partial charge in [-0.15, -0.1) is 5.10 Å². The first-order chi connectivity index (χ1) is 15.7. The Kier molecular flexibility index (Phi) is 7.79. The van der Waals surface area contributed by atoms with Gasteiger partial charge in [0.1, 0.15) is 18.2 Å². The lowest BCUT2D eigenvalue weighted by Gasteiger charge is -2.34. The van der Waals surface area contributed by atoms with E-state index in [2.05, 4.69) is 20.0 Å². The third-order valence-electron chi connectivity index (χ3n) is 5.06. The molecule has 1 unspecified atom stereocenters. The van der Waals surface area contributed by atoms with Crippen molar-refractivity contribution >= 4 is 17.7 Å². The quantitative estimate of drug-likeness (QED) is 0.708. The molecule has 1 atom stereocenters. The number of rotatable bonds is 3. The Morgan fingerprint density at radius 3 is 2.45 bits per heavy atom. The number of aliphatic carboxylic acids is 1. The number of carboxylic acids is 1. The number of anilines is 1. The van der Waals surface area contributed by atoms with E-state index in [1.54, 1.807) is 18.1 Å². The number of amides is 1. The minimum absolute atomic E-state index is 0.187. The summed E-state index contributed by atoms with van der Waals surface area (Å²) in [4.78, 5) is 39.0. The third kappa shape index (κ3) is 6.37. The summed E-state index contributed by atoms with van der Waals surface area (Å²) in [6.45, 7) is 3.36. The average molecular weight is 471 g/mol. The van der Waals surface area contributed by atoms with Gasteiger partial charge >= 0.3 is 12.1 Å². The SMILES string of the molecule is Cn1cnc(C(=O)N2CCOCC2c2nccc(N3CCCCC3)n2)n1.O=C(O)C(F)(F)F. The second-order valence-corrected chi connectivity index (χ2v) is 7.45. The average Bonchev–Trinajstić information content (AvgIpc) is 3.25. The molecule has 0 saturated carbocycles. The van der Waals surface area contributed by atoms with Gasteiger partial charge in [0.15, 0.2) is 5.82 Å². The van der Waals surface area contributed by atoms with E-state index in [-0.39, 0.29) is 17.8 Å². The first-order valence-corrected chi connectivity index (χ1v) is 10.3. The van der Waals surface area contributed by atoms with Gasteiger partial charge in [0.05, 0.1) is 13.2 Å². The molecule has 2 aliphatic heterocycles. The van der Waals surface area contributed by atoms with E-state index in [0.717, 1.165) is 18.9 Å². The Balaban J connectivity index is 0.000000383. The number of piperidine rings is 1. The van der Waals surface area contributed by atoms with Crippen LogP contribution in [0.5, 0.6) is 0 Å². The van der Waals surface area contributed by atoms with Crippen molar-refractivity contribution in [2.24, 2.45) is 7.05 Å². The molecular formula is C19H24F3N7O4. The van der Waals surface area contributed by atoms with E-state index in [4.69, 9.17) is 19.6 Å². The first kappa shape index (κ1) is 24.4. The molecule has 0 spiro atoms. The van der Waals surface area contributed by atoms with Crippen molar-refractivity contribution in [1.29, 1.82) is 0 Å². The molecule has 4 heterocycles. The Labute approximate surface area is 187 Å². The van der Waals surface area contributed by atoms with E-state index in [0.29, 0.717) is 25.6 Å². The summed E-state index contributed by atoms with van der Waals surface area (Å²) >= 11 is 0. The highest BCUT2D eigenvalue weighted by Gasteiger charge is 2.38.